The molecule has 0 unspecified atom stereocenters. The number of nitrogen functional groups attached to an aromatic ring is 1. The average Bonchev–Trinajstić information content (AvgIpc) is 2.63. The third kappa shape index (κ3) is 4.16. The predicted octanol–water partition coefficient (Wildman–Crippen LogP) is 1.23. The van der Waals surface area contributed by atoms with Gasteiger partial charge in [-0.2, -0.15) is 0 Å². The highest BCUT2D eigenvalue weighted by atomic mass is 32.2. The van der Waals surface area contributed by atoms with Crippen LogP contribution in [0.5, 0.6) is 5.88 Å². The number of nitrogens with two attached hydrogens (primary N) is 1. The van der Waals surface area contributed by atoms with E-state index in [1.54, 1.807) is 12.1 Å². The molecule has 0 amide bonds. The Morgan fingerprint density at radius 2 is 2.00 bits per heavy atom. The van der Waals surface area contributed by atoms with Gasteiger partial charge in [-0.3, -0.25) is 9.62 Å². The maximum Gasteiger partial charge on any atom is 0.214 e. The fraction of sp³-hybridized carbons (Fsp3) is 0.412. The lowest BCUT2D eigenvalue weighted by atomic mass is 10.1. The predicted molar refractivity (Wildman–Crippen MR) is 102 cm³/mol. The second kappa shape index (κ2) is 7.77. The van der Waals surface area contributed by atoms with Gasteiger partial charge in [0.1, 0.15) is 12.1 Å². The first-order valence-corrected chi connectivity index (χ1v) is 9.86. The number of nitrogens with zero attached hydrogens (tertiary/aromatic N) is 4. The Morgan fingerprint density at radius 1 is 1.27 bits per heavy atom. The molecule has 3 N–H and O–H groups in total. The number of hydrogen-bond acceptors (Lipinski definition) is 8. The van der Waals surface area contributed by atoms with E-state index in [1.165, 1.54) is 12.5 Å². The lowest BCUT2D eigenvalue weighted by Gasteiger charge is -2.27. The maximum absolute atomic E-state index is 11.5. The van der Waals surface area contributed by atoms with Crippen LogP contribution in [0.15, 0.2) is 24.7 Å². The SMILES string of the molecule is CC(C)Oc1cc(C(=N)c2cc(N3CCS(=O)CC3)ncn2)c(N)cn1. The zero-order valence-corrected chi connectivity index (χ0v) is 15.6. The third-order valence-corrected chi connectivity index (χ3v) is 5.22. The summed E-state index contributed by atoms with van der Waals surface area (Å²) in [7, 11) is -0.754. The first kappa shape index (κ1) is 18.2. The van der Waals surface area contributed by atoms with E-state index < -0.39 is 10.8 Å². The zero-order valence-electron chi connectivity index (χ0n) is 14.8. The molecule has 3 rings (SSSR count). The van der Waals surface area contributed by atoms with Gasteiger partial charge in [0, 0.05) is 53.1 Å². The van der Waals surface area contributed by atoms with Gasteiger partial charge in [-0.05, 0) is 13.8 Å². The van der Waals surface area contributed by atoms with Crippen molar-refractivity contribution in [3.63, 3.8) is 0 Å². The molecule has 0 radical (unpaired) electrons. The Labute approximate surface area is 154 Å². The number of ether oxygens (including phenoxy) is 1. The van der Waals surface area contributed by atoms with E-state index in [4.69, 9.17) is 15.9 Å². The lowest BCUT2D eigenvalue weighted by molar-refractivity contribution is 0.232. The molecule has 0 atom stereocenters. The van der Waals surface area contributed by atoms with Crippen molar-refractivity contribution in [2.24, 2.45) is 0 Å². The fourth-order valence-corrected chi connectivity index (χ4v) is 3.68. The largest absolute Gasteiger partial charge is 0.475 e. The van der Waals surface area contributed by atoms with Crippen molar-refractivity contribution >= 4 is 28.0 Å². The summed E-state index contributed by atoms with van der Waals surface area (Å²) in [4.78, 5) is 14.7. The summed E-state index contributed by atoms with van der Waals surface area (Å²) in [6.07, 6.45) is 2.90. The van der Waals surface area contributed by atoms with E-state index >= 15 is 0 Å². The van der Waals surface area contributed by atoms with Crippen LogP contribution in [0.2, 0.25) is 0 Å². The molecule has 26 heavy (non-hydrogen) atoms. The lowest BCUT2D eigenvalue weighted by Crippen LogP contribution is -2.38. The second-order valence-corrected chi connectivity index (χ2v) is 7.94. The van der Waals surface area contributed by atoms with Crippen molar-refractivity contribution in [2.45, 2.75) is 20.0 Å². The molecule has 1 aliphatic heterocycles. The normalized spacial score (nSPS) is 15.3. The van der Waals surface area contributed by atoms with E-state index in [-0.39, 0.29) is 11.8 Å². The monoisotopic (exact) mass is 374 g/mol. The van der Waals surface area contributed by atoms with Gasteiger partial charge in [0.25, 0.3) is 0 Å². The van der Waals surface area contributed by atoms with Gasteiger partial charge in [-0.25, -0.2) is 15.0 Å². The van der Waals surface area contributed by atoms with Crippen LogP contribution in [0.1, 0.15) is 25.1 Å². The molecule has 1 saturated heterocycles. The van der Waals surface area contributed by atoms with Crippen molar-refractivity contribution in [2.75, 3.05) is 35.2 Å². The molecule has 138 valence electrons. The Balaban J connectivity index is 1.86. The first-order chi connectivity index (χ1) is 12.4. The van der Waals surface area contributed by atoms with Crippen LogP contribution < -0.4 is 15.4 Å². The molecule has 1 fully saturated rings. The average molecular weight is 374 g/mol. The van der Waals surface area contributed by atoms with Crippen molar-refractivity contribution in [1.29, 1.82) is 5.41 Å². The minimum atomic E-state index is -0.754. The quantitative estimate of drug-likeness (QED) is 0.756. The second-order valence-electron chi connectivity index (χ2n) is 6.25. The molecule has 1 aliphatic rings. The Kier molecular flexibility index (Phi) is 5.46. The molecule has 3 heterocycles. The summed E-state index contributed by atoms with van der Waals surface area (Å²) >= 11 is 0. The minimum absolute atomic E-state index is 0.0246. The van der Waals surface area contributed by atoms with E-state index in [1.807, 2.05) is 13.8 Å². The number of anilines is 2. The third-order valence-electron chi connectivity index (χ3n) is 3.95. The van der Waals surface area contributed by atoms with Crippen LogP contribution in [0.25, 0.3) is 0 Å². The van der Waals surface area contributed by atoms with Gasteiger partial charge in [-0.15, -0.1) is 0 Å². The van der Waals surface area contributed by atoms with Gasteiger partial charge in [-0.1, -0.05) is 0 Å². The maximum atomic E-state index is 11.5. The van der Waals surface area contributed by atoms with Crippen LogP contribution in [0.3, 0.4) is 0 Å². The van der Waals surface area contributed by atoms with Crippen molar-refractivity contribution in [1.82, 2.24) is 15.0 Å². The Morgan fingerprint density at radius 3 is 2.69 bits per heavy atom. The summed E-state index contributed by atoms with van der Waals surface area (Å²) in [6.45, 7) is 5.18. The summed E-state index contributed by atoms with van der Waals surface area (Å²) in [5.74, 6) is 2.40. The Hall–Kier alpha value is -2.55. The van der Waals surface area contributed by atoms with E-state index in [0.717, 1.165) is 5.82 Å². The molecule has 0 saturated carbocycles. The van der Waals surface area contributed by atoms with Crippen molar-refractivity contribution in [3.05, 3.63) is 35.9 Å². The molecule has 8 nitrogen and oxygen atoms in total. The molecule has 2 aromatic heterocycles. The molecule has 2 aromatic rings. The fourth-order valence-electron chi connectivity index (χ4n) is 2.63. The van der Waals surface area contributed by atoms with Gasteiger partial charge < -0.3 is 15.4 Å². The van der Waals surface area contributed by atoms with Crippen LogP contribution in [-0.4, -0.2) is 55.6 Å². The molecule has 9 heteroatoms. The number of rotatable bonds is 5. The standard InChI is InChI=1S/C17H22N6O2S/c1-11(2)25-16-7-12(13(18)9-20-16)17(19)14-8-15(22-10-21-14)23-3-5-26(24)6-4-23/h7-11,19H,3-6,18H2,1-2H3. The molecule has 0 spiro atoms. The van der Waals surface area contributed by atoms with Gasteiger partial charge in [0.2, 0.25) is 5.88 Å². The zero-order chi connectivity index (χ0) is 18.7. The molecule has 0 aliphatic carbocycles. The van der Waals surface area contributed by atoms with Crippen molar-refractivity contribution < 1.29 is 8.95 Å². The smallest absolute Gasteiger partial charge is 0.214 e. The van der Waals surface area contributed by atoms with Crippen molar-refractivity contribution in [3.8, 4) is 5.88 Å². The van der Waals surface area contributed by atoms with Gasteiger partial charge >= 0.3 is 0 Å². The molecular weight excluding hydrogens is 352 g/mol. The summed E-state index contributed by atoms with van der Waals surface area (Å²) in [6, 6.07) is 3.42. The highest BCUT2D eigenvalue weighted by Gasteiger charge is 2.19. The van der Waals surface area contributed by atoms with Crippen LogP contribution >= 0.6 is 0 Å². The van der Waals surface area contributed by atoms with Crippen LogP contribution in [0.4, 0.5) is 11.5 Å². The Bertz CT molecular complexity index is 832. The number of aromatic nitrogens is 3. The van der Waals surface area contributed by atoms with Gasteiger partial charge in [0.05, 0.1) is 29.4 Å². The van der Waals surface area contributed by atoms with E-state index in [9.17, 15) is 4.21 Å². The molecule has 0 bridgehead atoms. The number of pyridine rings is 1. The van der Waals surface area contributed by atoms with Gasteiger partial charge in [0.15, 0.2) is 0 Å². The summed E-state index contributed by atoms with van der Waals surface area (Å²) < 4.78 is 17.1. The summed E-state index contributed by atoms with van der Waals surface area (Å²) in [5.41, 5.74) is 7.56. The highest BCUT2D eigenvalue weighted by Crippen LogP contribution is 2.22. The minimum Gasteiger partial charge on any atom is -0.475 e. The van der Waals surface area contributed by atoms with Crippen LogP contribution in [-0.2, 0) is 10.8 Å². The van der Waals surface area contributed by atoms with E-state index in [2.05, 4.69) is 19.9 Å². The number of nitrogens with one attached hydrogen (secondary N) is 1. The van der Waals surface area contributed by atoms with E-state index in [0.29, 0.717) is 47.4 Å². The summed E-state index contributed by atoms with van der Waals surface area (Å²) in [5, 5.41) is 8.51. The van der Waals surface area contributed by atoms with Crippen LogP contribution in [0, 0.1) is 5.41 Å². The first-order valence-electron chi connectivity index (χ1n) is 8.37. The molecular formula is C17H22N6O2S. The highest BCUT2D eigenvalue weighted by molar-refractivity contribution is 7.85. The molecule has 0 aromatic carbocycles. The topological polar surface area (TPSA) is 118 Å². The number of hydrogen-bond donors (Lipinski definition) is 2.